The summed E-state index contributed by atoms with van der Waals surface area (Å²) >= 11 is 5.64. The first-order valence-corrected chi connectivity index (χ1v) is 5.59. The molecule has 0 aliphatic rings. The summed E-state index contributed by atoms with van der Waals surface area (Å²) in [6.07, 6.45) is 2.29. The van der Waals surface area contributed by atoms with Crippen molar-refractivity contribution in [3.63, 3.8) is 0 Å². The molecule has 1 atom stereocenters. The van der Waals surface area contributed by atoms with Crippen molar-refractivity contribution >= 4 is 11.6 Å². The smallest absolute Gasteiger partial charge is 0.0792 e. The predicted molar refractivity (Wildman–Crippen MR) is 60.3 cm³/mol. The van der Waals surface area contributed by atoms with E-state index < -0.39 is 0 Å². The fourth-order valence-electron chi connectivity index (χ4n) is 1.17. The van der Waals surface area contributed by atoms with Crippen LogP contribution in [0, 0.1) is 0 Å². The molecule has 0 bridgehead atoms. The van der Waals surface area contributed by atoms with E-state index in [2.05, 4.69) is 33.4 Å². The highest BCUT2D eigenvalue weighted by Crippen LogP contribution is 1.95. The number of hydrogen-bond acceptors (Lipinski definition) is 1. The second-order valence-electron chi connectivity index (χ2n) is 4.70. The normalized spacial score (nSPS) is 13.5. The summed E-state index contributed by atoms with van der Waals surface area (Å²) in [5.74, 6) is 0.753. The summed E-state index contributed by atoms with van der Waals surface area (Å²) in [6, 6.07) is 0.560. The lowest BCUT2D eigenvalue weighted by Gasteiger charge is -2.24. The highest BCUT2D eigenvalue weighted by molar-refractivity contribution is 6.17. The molecule has 0 aliphatic heterocycles. The van der Waals surface area contributed by atoms with Crippen molar-refractivity contribution in [3.05, 3.63) is 0 Å². The minimum atomic E-state index is 0. The molecule has 0 aromatic heterocycles. The van der Waals surface area contributed by atoms with Crippen LogP contribution in [0.1, 0.15) is 19.8 Å². The van der Waals surface area contributed by atoms with Gasteiger partial charge < -0.3 is 33.8 Å². The summed E-state index contributed by atoms with van der Waals surface area (Å²) < 4.78 is 1.05. The van der Waals surface area contributed by atoms with Gasteiger partial charge in [-0.05, 0) is 13.3 Å². The minimum Gasteiger partial charge on any atom is -1.00 e. The molecule has 1 N–H and O–H groups in total. The Labute approximate surface area is 111 Å². The molecule has 0 heterocycles. The number of quaternary nitrogens is 1. The SMILES string of the molecule is CC(CCCl)NCCC[N+](C)(C)C.[I-]. The van der Waals surface area contributed by atoms with Crippen LogP contribution in [-0.4, -0.2) is 50.6 Å². The van der Waals surface area contributed by atoms with Crippen LogP contribution in [0.25, 0.3) is 0 Å². The van der Waals surface area contributed by atoms with Crippen LogP contribution in [0.15, 0.2) is 0 Å². The number of halogens is 2. The maximum Gasteiger partial charge on any atom is 0.0792 e. The molecule has 0 rings (SSSR count). The fraction of sp³-hybridized carbons (Fsp3) is 1.00. The van der Waals surface area contributed by atoms with Crippen molar-refractivity contribution in [2.24, 2.45) is 0 Å². The first kappa shape index (κ1) is 17.3. The van der Waals surface area contributed by atoms with Gasteiger partial charge in [-0.25, -0.2) is 0 Å². The number of nitrogens with zero attached hydrogens (tertiary/aromatic N) is 1. The zero-order chi connectivity index (χ0) is 10.3. The standard InChI is InChI=1S/C10H24ClN2.HI/c1-10(6-7-11)12-8-5-9-13(2,3)4;/h10,12H,5-9H2,1-4H3;1H/q+1;/p-1. The summed E-state index contributed by atoms with van der Waals surface area (Å²) in [5, 5.41) is 3.46. The van der Waals surface area contributed by atoms with Crippen molar-refractivity contribution in [1.82, 2.24) is 5.32 Å². The van der Waals surface area contributed by atoms with Gasteiger partial charge in [0.1, 0.15) is 0 Å². The van der Waals surface area contributed by atoms with Gasteiger partial charge in [0.25, 0.3) is 0 Å². The van der Waals surface area contributed by atoms with Crippen LogP contribution in [0.5, 0.6) is 0 Å². The topological polar surface area (TPSA) is 12.0 Å². The van der Waals surface area contributed by atoms with E-state index in [0.717, 1.165) is 23.3 Å². The number of nitrogens with one attached hydrogen (secondary N) is 1. The molecule has 0 aliphatic carbocycles. The highest BCUT2D eigenvalue weighted by Gasteiger charge is 2.06. The molecular formula is C10H24ClIN2. The lowest BCUT2D eigenvalue weighted by Crippen LogP contribution is -3.00. The lowest BCUT2D eigenvalue weighted by atomic mass is 10.2. The third-order valence-corrected chi connectivity index (χ3v) is 2.26. The van der Waals surface area contributed by atoms with Crippen molar-refractivity contribution in [2.45, 2.75) is 25.8 Å². The molecule has 4 heteroatoms. The van der Waals surface area contributed by atoms with Crippen LogP contribution in [0.3, 0.4) is 0 Å². The van der Waals surface area contributed by atoms with Gasteiger partial charge in [0.05, 0.1) is 27.7 Å². The van der Waals surface area contributed by atoms with Gasteiger partial charge in [0, 0.05) is 24.9 Å². The second kappa shape index (κ2) is 9.19. The average molecular weight is 335 g/mol. The highest BCUT2D eigenvalue weighted by atomic mass is 127. The van der Waals surface area contributed by atoms with E-state index in [-0.39, 0.29) is 24.0 Å². The van der Waals surface area contributed by atoms with Gasteiger partial charge in [-0.1, -0.05) is 0 Å². The fourth-order valence-corrected chi connectivity index (χ4v) is 1.49. The van der Waals surface area contributed by atoms with E-state index in [0.29, 0.717) is 6.04 Å². The third-order valence-electron chi connectivity index (χ3n) is 2.04. The average Bonchev–Trinajstić information content (AvgIpc) is 1.97. The quantitative estimate of drug-likeness (QED) is 0.264. The molecule has 0 spiro atoms. The van der Waals surface area contributed by atoms with Crippen LogP contribution >= 0.6 is 11.6 Å². The Balaban J connectivity index is 0. The van der Waals surface area contributed by atoms with Gasteiger partial charge in [0.15, 0.2) is 0 Å². The third kappa shape index (κ3) is 12.9. The van der Waals surface area contributed by atoms with Crippen molar-refractivity contribution in [3.8, 4) is 0 Å². The zero-order valence-corrected chi connectivity index (χ0v) is 12.7. The largest absolute Gasteiger partial charge is 1.00 e. The Kier molecular flexibility index (Phi) is 11.4. The first-order valence-electron chi connectivity index (χ1n) is 5.05. The molecule has 1 unspecified atom stereocenters. The minimum absolute atomic E-state index is 0. The maximum absolute atomic E-state index is 5.64. The summed E-state index contributed by atoms with van der Waals surface area (Å²) in [5.41, 5.74) is 0. The van der Waals surface area contributed by atoms with E-state index in [9.17, 15) is 0 Å². The number of rotatable bonds is 7. The molecule has 0 aromatic carbocycles. The summed E-state index contributed by atoms with van der Waals surface area (Å²) in [7, 11) is 6.67. The molecule has 0 amide bonds. The van der Waals surface area contributed by atoms with E-state index in [1.807, 2.05) is 0 Å². The van der Waals surface area contributed by atoms with Crippen LogP contribution in [-0.2, 0) is 0 Å². The van der Waals surface area contributed by atoms with Crippen LogP contribution < -0.4 is 29.3 Å². The number of alkyl halides is 1. The predicted octanol–water partition coefficient (Wildman–Crippen LogP) is -1.31. The van der Waals surface area contributed by atoms with E-state index in [1.54, 1.807) is 0 Å². The molecule has 0 saturated heterocycles. The first-order chi connectivity index (χ1) is 5.95. The lowest BCUT2D eigenvalue weighted by molar-refractivity contribution is -0.870. The monoisotopic (exact) mass is 334 g/mol. The summed E-state index contributed by atoms with van der Waals surface area (Å²) in [4.78, 5) is 0. The molecule has 0 aromatic rings. The molecule has 0 radical (unpaired) electrons. The van der Waals surface area contributed by atoms with E-state index >= 15 is 0 Å². The maximum atomic E-state index is 5.64. The van der Waals surface area contributed by atoms with Gasteiger partial charge in [0.2, 0.25) is 0 Å². The molecular weight excluding hydrogens is 310 g/mol. The molecule has 2 nitrogen and oxygen atoms in total. The Morgan fingerprint density at radius 3 is 2.29 bits per heavy atom. The van der Waals surface area contributed by atoms with Gasteiger partial charge in [-0.2, -0.15) is 0 Å². The van der Waals surface area contributed by atoms with Crippen molar-refractivity contribution in [2.75, 3.05) is 40.1 Å². The van der Waals surface area contributed by atoms with Gasteiger partial charge >= 0.3 is 0 Å². The summed E-state index contributed by atoms with van der Waals surface area (Å²) in [6.45, 7) is 4.52. The van der Waals surface area contributed by atoms with Gasteiger partial charge in [-0.15, -0.1) is 11.6 Å². The Morgan fingerprint density at radius 2 is 1.86 bits per heavy atom. The zero-order valence-electron chi connectivity index (χ0n) is 9.82. The van der Waals surface area contributed by atoms with Crippen LogP contribution in [0.4, 0.5) is 0 Å². The van der Waals surface area contributed by atoms with E-state index in [4.69, 9.17) is 11.6 Å². The van der Waals surface area contributed by atoms with Crippen molar-refractivity contribution < 1.29 is 28.5 Å². The molecule has 0 fully saturated rings. The Bertz CT molecular complexity index is 126. The van der Waals surface area contributed by atoms with E-state index in [1.165, 1.54) is 13.0 Å². The Morgan fingerprint density at radius 1 is 1.29 bits per heavy atom. The molecule has 88 valence electrons. The van der Waals surface area contributed by atoms with Gasteiger partial charge in [-0.3, -0.25) is 0 Å². The van der Waals surface area contributed by atoms with Crippen molar-refractivity contribution in [1.29, 1.82) is 0 Å². The molecule has 14 heavy (non-hydrogen) atoms. The second-order valence-corrected chi connectivity index (χ2v) is 5.08. The molecule has 0 saturated carbocycles. The Hall–Kier alpha value is 0.940. The van der Waals surface area contributed by atoms with Crippen LogP contribution in [0.2, 0.25) is 0 Å². The number of hydrogen-bond donors (Lipinski definition) is 1.